The van der Waals surface area contributed by atoms with Crippen molar-refractivity contribution >= 4 is 11.7 Å². The van der Waals surface area contributed by atoms with Crippen LogP contribution in [-0.4, -0.2) is 28.2 Å². The average molecular weight is 217 g/mol. The van der Waals surface area contributed by atoms with Crippen LogP contribution in [0.5, 0.6) is 0 Å². The first-order valence-corrected chi connectivity index (χ1v) is 5.33. The summed E-state index contributed by atoms with van der Waals surface area (Å²) in [5.41, 5.74) is 7.53. The average Bonchev–Trinajstić information content (AvgIpc) is 2.76. The second kappa shape index (κ2) is 4.74. The fourth-order valence-electron chi connectivity index (χ4n) is 1.67. The molecule has 1 aliphatic rings. The van der Waals surface area contributed by atoms with Gasteiger partial charge >= 0.3 is 0 Å². The van der Waals surface area contributed by atoms with E-state index >= 15 is 0 Å². The highest BCUT2D eigenvalue weighted by atomic mass is 15.5. The van der Waals surface area contributed by atoms with Gasteiger partial charge in [0.1, 0.15) is 0 Å². The Kier molecular flexibility index (Phi) is 3.14. The van der Waals surface area contributed by atoms with Crippen molar-refractivity contribution in [3.8, 4) is 0 Å². The number of pyridine rings is 1. The van der Waals surface area contributed by atoms with Gasteiger partial charge in [0.05, 0.1) is 0 Å². The van der Waals surface area contributed by atoms with E-state index in [1.165, 1.54) is 5.01 Å². The first kappa shape index (κ1) is 10.6. The number of hydrazone groups is 1. The Bertz CT molecular complexity index is 398. The van der Waals surface area contributed by atoms with Crippen molar-refractivity contribution in [1.29, 1.82) is 5.41 Å². The van der Waals surface area contributed by atoms with Crippen molar-refractivity contribution in [1.82, 2.24) is 9.99 Å². The molecule has 0 amide bonds. The van der Waals surface area contributed by atoms with Crippen LogP contribution in [0.3, 0.4) is 0 Å². The predicted octanol–water partition coefficient (Wildman–Crippen LogP) is 0.969. The third-order valence-corrected chi connectivity index (χ3v) is 2.55. The second-order valence-electron chi connectivity index (χ2n) is 3.75. The smallest absolute Gasteiger partial charge is 0.209 e. The molecule has 84 valence electrons. The van der Waals surface area contributed by atoms with E-state index in [9.17, 15) is 0 Å². The van der Waals surface area contributed by atoms with Gasteiger partial charge in [-0.3, -0.25) is 10.4 Å². The molecular formula is C11H15N5. The molecule has 5 nitrogen and oxygen atoms in total. The molecule has 2 heterocycles. The van der Waals surface area contributed by atoms with Gasteiger partial charge in [0.15, 0.2) is 0 Å². The van der Waals surface area contributed by atoms with Crippen molar-refractivity contribution in [3.63, 3.8) is 0 Å². The molecule has 2 rings (SSSR count). The highest BCUT2D eigenvalue weighted by Gasteiger charge is 2.15. The zero-order chi connectivity index (χ0) is 11.4. The van der Waals surface area contributed by atoms with Crippen LogP contribution in [0.4, 0.5) is 0 Å². The molecule has 0 spiro atoms. The maximum atomic E-state index is 7.26. The normalized spacial score (nSPS) is 15.0. The lowest BCUT2D eigenvalue weighted by molar-refractivity contribution is 0.481. The van der Waals surface area contributed by atoms with Gasteiger partial charge in [-0.2, -0.15) is 5.10 Å². The molecule has 0 aromatic carbocycles. The van der Waals surface area contributed by atoms with Gasteiger partial charge in [-0.1, -0.05) is 6.07 Å². The molecule has 0 saturated heterocycles. The van der Waals surface area contributed by atoms with Gasteiger partial charge < -0.3 is 5.73 Å². The van der Waals surface area contributed by atoms with Crippen LogP contribution >= 0.6 is 0 Å². The molecule has 0 atom stereocenters. The third kappa shape index (κ3) is 2.56. The van der Waals surface area contributed by atoms with Gasteiger partial charge in [0.25, 0.3) is 0 Å². The lowest BCUT2D eigenvalue weighted by Crippen LogP contribution is -2.29. The standard InChI is InChI=1S/C11H15N5/c12-11(13)16-8-6-10(15-16)5-4-9-3-1-2-7-14-9/h1-3,7H,4-6,8H2,(H3,12,13). The first-order chi connectivity index (χ1) is 7.75. The van der Waals surface area contributed by atoms with E-state index in [1.54, 1.807) is 6.20 Å². The van der Waals surface area contributed by atoms with Crippen molar-refractivity contribution in [2.75, 3.05) is 6.54 Å². The van der Waals surface area contributed by atoms with E-state index in [2.05, 4.69) is 10.1 Å². The lowest BCUT2D eigenvalue weighted by atomic mass is 10.1. The number of nitrogens with zero attached hydrogens (tertiary/aromatic N) is 3. The van der Waals surface area contributed by atoms with Crippen molar-refractivity contribution in [2.24, 2.45) is 10.8 Å². The van der Waals surface area contributed by atoms with Crippen LogP contribution < -0.4 is 5.73 Å². The molecule has 1 aromatic heterocycles. The van der Waals surface area contributed by atoms with Gasteiger partial charge in [-0.05, 0) is 25.0 Å². The summed E-state index contributed by atoms with van der Waals surface area (Å²) in [5.74, 6) is 0.0211. The van der Waals surface area contributed by atoms with E-state index in [4.69, 9.17) is 11.1 Å². The van der Waals surface area contributed by atoms with Crippen LogP contribution in [0.25, 0.3) is 0 Å². The van der Waals surface area contributed by atoms with E-state index in [0.717, 1.165) is 37.2 Å². The fraction of sp³-hybridized carbons (Fsp3) is 0.364. The molecular weight excluding hydrogens is 202 g/mol. The number of aryl methyl sites for hydroxylation is 1. The summed E-state index contributed by atoms with van der Waals surface area (Å²) in [4.78, 5) is 4.26. The molecule has 16 heavy (non-hydrogen) atoms. The minimum Gasteiger partial charge on any atom is -0.369 e. The zero-order valence-electron chi connectivity index (χ0n) is 9.06. The number of aromatic nitrogens is 1. The number of hydrogen-bond acceptors (Lipinski definition) is 3. The Hall–Kier alpha value is -1.91. The third-order valence-electron chi connectivity index (χ3n) is 2.55. The van der Waals surface area contributed by atoms with Gasteiger partial charge in [0, 0.05) is 30.6 Å². The van der Waals surface area contributed by atoms with Crippen molar-refractivity contribution in [3.05, 3.63) is 30.1 Å². The number of hydrogen-bond donors (Lipinski definition) is 2. The highest BCUT2D eigenvalue weighted by Crippen LogP contribution is 2.10. The van der Waals surface area contributed by atoms with Crippen LogP contribution in [0, 0.1) is 5.41 Å². The molecule has 0 fully saturated rings. The topological polar surface area (TPSA) is 78.4 Å². The Balaban J connectivity index is 1.88. The lowest BCUT2D eigenvalue weighted by Gasteiger charge is -2.08. The summed E-state index contributed by atoms with van der Waals surface area (Å²) in [6, 6.07) is 5.91. The van der Waals surface area contributed by atoms with Crippen LogP contribution in [0.15, 0.2) is 29.5 Å². The monoisotopic (exact) mass is 217 g/mol. The number of guanidine groups is 1. The summed E-state index contributed by atoms with van der Waals surface area (Å²) >= 11 is 0. The van der Waals surface area contributed by atoms with E-state index in [-0.39, 0.29) is 5.96 Å². The number of rotatable bonds is 3. The quantitative estimate of drug-likeness (QED) is 0.585. The summed E-state index contributed by atoms with van der Waals surface area (Å²) in [6.07, 6.45) is 4.48. The maximum absolute atomic E-state index is 7.26. The molecule has 0 bridgehead atoms. The number of nitrogens with one attached hydrogen (secondary N) is 1. The largest absolute Gasteiger partial charge is 0.369 e. The molecule has 1 aliphatic heterocycles. The molecule has 5 heteroatoms. The summed E-state index contributed by atoms with van der Waals surface area (Å²) in [7, 11) is 0. The fourth-order valence-corrected chi connectivity index (χ4v) is 1.67. The predicted molar refractivity (Wildman–Crippen MR) is 63.2 cm³/mol. The van der Waals surface area contributed by atoms with Crippen LogP contribution in [-0.2, 0) is 6.42 Å². The van der Waals surface area contributed by atoms with E-state index in [1.807, 2.05) is 18.2 Å². The van der Waals surface area contributed by atoms with Crippen LogP contribution in [0.1, 0.15) is 18.5 Å². The Morgan fingerprint density at radius 3 is 2.94 bits per heavy atom. The van der Waals surface area contributed by atoms with E-state index < -0.39 is 0 Å². The minimum absolute atomic E-state index is 0.0211. The summed E-state index contributed by atoms with van der Waals surface area (Å²) < 4.78 is 0. The SMILES string of the molecule is N=C(N)N1CCC(CCc2ccccn2)=N1. The molecule has 1 aromatic rings. The molecule has 0 radical (unpaired) electrons. The Labute approximate surface area is 94.5 Å². The molecule has 0 aliphatic carbocycles. The second-order valence-corrected chi connectivity index (χ2v) is 3.75. The molecule has 3 N–H and O–H groups in total. The Morgan fingerprint density at radius 2 is 2.31 bits per heavy atom. The Morgan fingerprint density at radius 1 is 1.44 bits per heavy atom. The zero-order valence-corrected chi connectivity index (χ0v) is 9.06. The summed E-state index contributed by atoms with van der Waals surface area (Å²) in [6.45, 7) is 0.729. The van der Waals surface area contributed by atoms with Crippen molar-refractivity contribution in [2.45, 2.75) is 19.3 Å². The van der Waals surface area contributed by atoms with Gasteiger partial charge in [-0.15, -0.1) is 0 Å². The minimum atomic E-state index is 0.0211. The summed E-state index contributed by atoms with van der Waals surface area (Å²) in [5, 5.41) is 13.1. The van der Waals surface area contributed by atoms with Gasteiger partial charge in [-0.25, -0.2) is 5.01 Å². The first-order valence-electron chi connectivity index (χ1n) is 5.33. The molecule has 0 unspecified atom stereocenters. The van der Waals surface area contributed by atoms with Crippen molar-refractivity contribution < 1.29 is 0 Å². The maximum Gasteiger partial charge on any atom is 0.209 e. The van der Waals surface area contributed by atoms with Gasteiger partial charge in [0.2, 0.25) is 5.96 Å². The number of nitrogens with two attached hydrogens (primary N) is 1. The molecule has 0 saturated carbocycles. The highest BCUT2D eigenvalue weighted by molar-refractivity contribution is 5.89. The van der Waals surface area contributed by atoms with E-state index in [0.29, 0.717) is 0 Å². The van der Waals surface area contributed by atoms with Crippen LogP contribution in [0.2, 0.25) is 0 Å².